The summed E-state index contributed by atoms with van der Waals surface area (Å²) in [6.45, 7) is 1.62. The van der Waals surface area contributed by atoms with Gasteiger partial charge in [-0.2, -0.15) is 0 Å². The second-order valence-electron chi connectivity index (χ2n) is 7.76. The van der Waals surface area contributed by atoms with Gasteiger partial charge >= 0.3 is 0 Å². The van der Waals surface area contributed by atoms with E-state index in [0.717, 1.165) is 43.4 Å². The Morgan fingerprint density at radius 1 is 1.00 bits per heavy atom. The van der Waals surface area contributed by atoms with Crippen LogP contribution in [0.3, 0.4) is 0 Å². The first-order valence-corrected chi connectivity index (χ1v) is 10.6. The molecular weight excluding hydrogens is 362 g/mol. The predicted octanol–water partition coefficient (Wildman–Crippen LogP) is 4.20. The van der Waals surface area contributed by atoms with Gasteiger partial charge < -0.3 is 16.0 Å². The van der Waals surface area contributed by atoms with Crippen molar-refractivity contribution in [3.8, 4) is 0 Å². The van der Waals surface area contributed by atoms with Gasteiger partial charge in [0.2, 0.25) is 5.91 Å². The molecule has 0 heterocycles. The van der Waals surface area contributed by atoms with E-state index in [1.54, 1.807) is 0 Å². The molecule has 29 heavy (non-hydrogen) atoms. The highest BCUT2D eigenvalue weighted by atomic mass is 16.2. The Morgan fingerprint density at radius 3 is 2.48 bits per heavy atom. The molecular formula is C24H31N3O2. The van der Waals surface area contributed by atoms with E-state index in [9.17, 15) is 9.59 Å². The third kappa shape index (κ3) is 6.16. The Morgan fingerprint density at radius 2 is 1.76 bits per heavy atom. The number of nitrogens with two attached hydrogens (primary N) is 1. The first kappa shape index (κ1) is 21.1. The number of amides is 2. The summed E-state index contributed by atoms with van der Waals surface area (Å²) in [5.41, 5.74) is 8.13. The predicted molar refractivity (Wildman–Crippen MR) is 117 cm³/mol. The molecule has 0 saturated heterocycles. The van der Waals surface area contributed by atoms with Gasteiger partial charge in [-0.25, -0.2) is 0 Å². The Balaban J connectivity index is 1.68. The van der Waals surface area contributed by atoms with Gasteiger partial charge in [-0.3, -0.25) is 9.59 Å². The lowest BCUT2D eigenvalue weighted by Gasteiger charge is -2.24. The van der Waals surface area contributed by atoms with Gasteiger partial charge in [0.25, 0.3) is 5.91 Å². The summed E-state index contributed by atoms with van der Waals surface area (Å²) in [7, 11) is 0. The van der Waals surface area contributed by atoms with E-state index in [1.165, 1.54) is 6.42 Å². The van der Waals surface area contributed by atoms with Crippen molar-refractivity contribution in [2.75, 3.05) is 18.4 Å². The molecule has 1 saturated carbocycles. The van der Waals surface area contributed by atoms with Crippen molar-refractivity contribution < 1.29 is 9.59 Å². The fourth-order valence-corrected chi connectivity index (χ4v) is 3.87. The van der Waals surface area contributed by atoms with E-state index in [-0.39, 0.29) is 17.7 Å². The smallest absolute Gasteiger partial charge is 0.254 e. The van der Waals surface area contributed by atoms with Crippen LogP contribution in [0.15, 0.2) is 54.6 Å². The molecule has 0 bridgehead atoms. The summed E-state index contributed by atoms with van der Waals surface area (Å²) >= 11 is 0. The molecule has 5 heteroatoms. The van der Waals surface area contributed by atoms with E-state index >= 15 is 0 Å². The lowest BCUT2D eigenvalue weighted by atomic mass is 9.88. The molecule has 154 valence electrons. The number of rotatable bonds is 8. The van der Waals surface area contributed by atoms with Gasteiger partial charge in [0.15, 0.2) is 0 Å². The molecule has 0 aliphatic heterocycles. The minimum absolute atomic E-state index is 0.00399. The van der Waals surface area contributed by atoms with Gasteiger partial charge in [-0.1, -0.05) is 49.6 Å². The second kappa shape index (κ2) is 10.8. The molecule has 0 spiro atoms. The topological polar surface area (TPSA) is 75.4 Å². The standard InChI is InChI=1S/C24H31N3O2/c25-15-8-16-27(24(29)21-12-5-2-6-13-21)18-19-9-7-14-22(17-19)26-23(28)20-10-3-1-4-11-20/h2,5-7,9,12-14,17,20H,1,3-4,8,10-11,15-16,18,25H2,(H,26,28). The molecule has 1 fully saturated rings. The summed E-state index contributed by atoms with van der Waals surface area (Å²) in [5.74, 6) is 0.228. The van der Waals surface area contributed by atoms with Gasteiger partial charge in [0.05, 0.1) is 0 Å². The van der Waals surface area contributed by atoms with Crippen LogP contribution >= 0.6 is 0 Å². The van der Waals surface area contributed by atoms with E-state index in [1.807, 2.05) is 59.5 Å². The molecule has 0 radical (unpaired) electrons. The Kier molecular flexibility index (Phi) is 7.82. The quantitative estimate of drug-likeness (QED) is 0.706. The number of benzene rings is 2. The van der Waals surface area contributed by atoms with Crippen molar-refractivity contribution in [3.63, 3.8) is 0 Å². The third-order valence-corrected chi connectivity index (χ3v) is 5.48. The molecule has 1 aliphatic rings. The number of nitrogens with one attached hydrogen (secondary N) is 1. The lowest BCUT2D eigenvalue weighted by molar-refractivity contribution is -0.120. The Bertz CT molecular complexity index is 801. The maximum Gasteiger partial charge on any atom is 0.254 e. The highest BCUT2D eigenvalue weighted by Crippen LogP contribution is 2.25. The fraction of sp³-hybridized carbons (Fsp3) is 0.417. The number of carbonyl (C=O) groups excluding carboxylic acids is 2. The molecule has 2 amide bonds. The van der Waals surface area contributed by atoms with Crippen molar-refractivity contribution in [2.45, 2.75) is 45.1 Å². The maximum atomic E-state index is 12.9. The number of hydrogen-bond acceptors (Lipinski definition) is 3. The van der Waals surface area contributed by atoms with Gasteiger partial charge in [0, 0.05) is 30.3 Å². The van der Waals surface area contributed by atoms with Crippen LogP contribution < -0.4 is 11.1 Å². The van der Waals surface area contributed by atoms with E-state index in [0.29, 0.717) is 25.2 Å². The monoisotopic (exact) mass is 393 g/mol. The third-order valence-electron chi connectivity index (χ3n) is 5.48. The van der Waals surface area contributed by atoms with Crippen LogP contribution in [0.25, 0.3) is 0 Å². The molecule has 0 aromatic heterocycles. The maximum absolute atomic E-state index is 12.9. The number of carbonyl (C=O) groups is 2. The lowest BCUT2D eigenvalue weighted by Crippen LogP contribution is -2.32. The first-order chi connectivity index (χ1) is 14.2. The first-order valence-electron chi connectivity index (χ1n) is 10.6. The Hall–Kier alpha value is -2.66. The average molecular weight is 394 g/mol. The minimum atomic E-state index is -0.00399. The van der Waals surface area contributed by atoms with Crippen LogP contribution in [0.2, 0.25) is 0 Å². The average Bonchev–Trinajstić information content (AvgIpc) is 2.77. The largest absolute Gasteiger partial charge is 0.334 e. The van der Waals surface area contributed by atoms with Crippen molar-refractivity contribution >= 4 is 17.5 Å². The fourth-order valence-electron chi connectivity index (χ4n) is 3.87. The molecule has 0 atom stereocenters. The van der Waals surface area contributed by atoms with Crippen LogP contribution in [-0.2, 0) is 11.3 Å². The van der Waals surface area contributed by atoms with E-state index < -0.39 is 0 Å². The van der Waals surface area contributed by atoms with Gasteiger partial charge in [-0.05, 0) is 55.6 Å². The van der Waals surface area contributed by atoms with Crippen LogP contribution in [0.5, 0.6) is 0 Å². The molecule has 1 aliphatic carbocycles. The SMILES string of the molecule is NCCCN(Cc1cccc(NC(=O)C2CCCCC2)c1)C(=O)c1ccccc1. The van der Waals surface area contributed by atoms with Crippen molar-refractivity contribution in [2.24, 2.45) is 11.7 Å². The highest BCUT2D eigenvalue weighted by molar-refractivity contribution is 5.94. The number of hydrogen-bond donors (Lipinski definition) is 2. The molecule has 2 aromatic rings. The molecule has 5 nitrogen and oxygen atoms in total. The molecule has 0 unspecified atom stereocenters. The van der Waals surface area contributed by atoms with Crippen molar-refractivity contribution in [1.29, 1.82) is 0 Å². The molecule has 3 rings (SSSR count). The number of anilines is 1. The van der Waals surface area contributed by atoms with Crippen molar-refractivity contribution in [3.05, 3.63) is 65.7 Å². The summed E-state index contributed by atoms with van der Waals surface area (Å²) in [5, 5.41) is 3.07. The van der Waals surface area contributed by atoms with Crippen molar-refractivity contribution in [1.82, 2.24) is 4.90 Å². The van der Waals surface area contributed by atoms with E-state index in [2.05, 4.69) is 5.32 Å². The zero-order chi connectivity index (χ0) is 20.5. The van der Waals surface area contributed by atoms with Crippen LogP contribution in [0.4, 0.5) is 5.69 Å². The Labute approximate surface area is 173 Å². The molecule has 3 N–H and O–H groups in total. The minimum Gasteiger partial charge on any atom is -0.334 e. The highest BCUT2D eigenvalue weighted by Gasteiger charge is 2.21. The normalized spacial score (nSPS) is 14.4. The summed E-state index contributed by atoms with van der Waals surface area (Å²) in [6, 6.07) is 17.1. The summed E-state index contributed by atoms with van der Waals surface area (Å²) in [4.78, 5) is 27.3. The van der Waals surface area contributed by atoms with Gasteiger partial charge in [0.1, 0.15) is 0 Å². The summed E-state index contributed by atoms with van der Waals surface area (Å²) in [6.07, 6.45) is 6.20. The molecule has 2 aromatic carbocycles. The van der Waals surface area contributed by atoms with Crippen LogP contribution in [0, 0.1) is 5.92 Å². The van der Waals surface area contributed by atoms with Crippen LogP contribution in [0.1, 0.15) is 54.4 Å². The van der Waals surface area contributed by atoms with Gasteiger partial charge in [-0.15, -0.1) is 0 Å². The summed E-state index contributed by atoms with van der Waals surface area (Å²) < 4.78 is 0. The zero-order valence-electron chi connectivity index (χ0n) is 17.0. The van der Waals surface area contributed by atoms with Crippen LogP contribution in [-0.4, -0.2) is 29.8 Å². The number of nitrogens with zero attached hydrogens (tertiary/aromatic N) is 1. The second-order valence-corrected chi connectivity index (χ2v) is 7.76. The van der Waals surface area contributed by atoms with E-state index in [4.69, 9.17) is 5.73 Å². The zero-order valence-corrected chi connectivity index (χ0v) is 17.0.